The SMILES string of the molecule is CCCCOc1ccccc1NC(=O)c1ccc(NC(C)=O)cc1. The summed E-state index contributed by atoms with van der Waals surface area (Å²) < 4.78 is 5.71. The third-order valence-electron chi connectivity index (χ3n) is 3.36. The van der Waals surface area contributed by atoms with E-state index < -0.39 is 0 Å². The maximum Gasteiger partial charge on any atom is 0.255 e. The number of ether oxygens (including phenoxy) is 1. The zero-order valence-electron chi connectivity index (χ0n) is 14.0. The number of hydrogen-bond acceptors (Lipinski definition) is 3. The van der Waals surface area contributed by atoms with E-state index in [9.17, 15) is 9.59 Å². The van der Waals surface area contributed by atoms with E-state index in [1.54, 1.807) is 24.3 Å². The lowest BCUT2D eigenvalue weighted by Gasteiger charge is -2.12. The molecule has 0 fully saturated rings. The molecule has 0 saturated heterocycles. The second-order valence-corrected chi connectivity index (χ2v) is 5.41. The van der Waals surface area contributed by atoms with E-state index in [2.05, 4.69) is 17.6 Å². The number of amides is 2. The highest BCUT2D eigenvalue weighted by molar-refractivity contribution is 6.05. The molecule has 5 heteroatoms. The van der Waals surface area contributed by atoms with E-state index in [1.165, 1.54) is 6.92 Å². The normalized spacial score (nSPS) is 10.1. The van der Waals surface area contributed by atoms with Crippen molar-refractivity contribution >= 4 is 23.2 Å². The Labute approximate surface area is 142 Å². The molecule has 0 atom stereocenters. The van der Waals surface area contributed by atoms with Gasteiger partial charge in [-0.2, -0.15) is 0 Å². The van der Waals surface area contributed by atoms with Crippen molar-refractivity contribution in [2.75, 3.05) is 17.2 Å². The molecule has 0 bridgehead atoms. The van der Waals surface area contributed by atoms with Crippen molar-refractivity contribution in [1.29, 1.82) is 0 Å². The Morgan fingerprint density at radius 2 is 1.71 bits per heavy atom. The van der Waals surface area contributed by atoms with Crippen LogP contribution < -0.4 is 15.4 Å². The van der Waals surface area contributed by atoms with Crippen molar-refractivity contribution < 1.29 is 14.3 Å². The van der Waals surface area contributed by atoms with Crippen molar-refractivity contribution in [2.45, 2.75) is 26.7 Å². The van der Waals surface area contributed by atoms with Gasteiger partial charge in [-0.3, -0.25) is 9.59 Å². The van der Waals surface area contributed by atoms with Crippen LogP contribution in [0.5, 0.6) is 5.75 Å². The quantitative estimate of drug-likeness (QED) is 0.754. The van der Waals surface area contributed by atoms with E-state index in [0.29, 0.717) is 29.3 Å². The van der Waals surface area contributed by atoms with Crippen LogP contribution in [0.2, 0.25) is 0 Å². The molecule has 0 aliphatic rings. The van der Waals surface area contributed by atoms with Crippen molar-refractivity contribution in [3.63, 3.8) is 0 Å². The highest BCUT2D eigenvalue weighted by Gasteiger charge is 2.10. The zero-order chi connectivity index (χ0) is 17.4. The molecular formula is C19H22N2O3. The molecule has 5 nitrogen and oxygen atoms in total. The molecule has 0 heterocycles. The average molecular weight is 326 g/mol. The molecule has 24 heavy (non-hydrogen) atoms. The molecule has 2 rings (SSSR count). The van der Waals surface area contributed by atoms with E-state index in [-0.39, 0.29) is 11.8 Å². The first kappa shape index (κ1) is 17.5. The van der Waals surface area contributed by atoms with Gasteiger partial charge in [0.25, 0.3) is 5.91 Å². The van der Waals surface area contributed by atoms with Crippen LogP contribution in [0.15, 0.2) is 48.5 Å². The number of hydrogen-bond donors (Lipinski definition) is 2. The van der Waals surface area contributed by atoms with Gasteiger partial charge < -0.3 is 15.4 Å². The number of para-hydroxylation sites is 2. The molecule has 0 aliphatic heterocycles. The summed E-state index contributed by atoms with van der Waals surface area (Å²) in [4.78, 5) is 23.4. The first-order chi connectivity index (χ1) is 11.6. The van der Waals surface area contributed by atoms with Crippen LogP contribution in [0.1, 0.15) is 37.0 Å². The summed E-state index contributed by atoms with van der Waals surface area (Å²) in [5, 5.41) is 5.53. The maximum atomic E-state index is 12.4. The zero-order valence-corrected chi connectivity index (χ0v) is 14.0. The Balaban J connectivity index is 2.05. The summed E-state index contributed by atoms with van der Waals surface area (Å²) in [6.45, 7) is 4.16. The van der Waals surface area contributed by atoms with Crippen LogP contribution in [0.25, 0.3) is 0 Å². The Kier molecular flexibility index (Phi) is 6.37. The Morgan fingerprint density at radius 1 is 1.00 bits per heavy atom. The number of benzene rings is 2. The first-order valence-corrected chi connectivity index (χ1v) is 8.01. The van der Waals surface area contributed by atoms with E-state index in [1.807, 2.05) is 24.3 Å². The van der Waals surface area contributed by atoms with Gasteiger partial charge in [0, 0.05) is 18.2 Å². The van der Waals surface area contributed by atoms with Gasteiger partial charge in [0.05, 0.1) is 12.3 Å². The summed E-state index contributed by atoms with van der Waals surface area (Å²) in [7, 11) is 0. The number of rotatable bonds is 7. The number of nitrogens with one attached hydrogen (secondary N) is 2. The van der Waals surface area contributed by atoms with Gasteiger partial charge in [0.2, 0.25) is 5.91 Å². The monoisotopic (exact) mass is 326 g/mol. The van der Waals surface area contributed by atoms with Gasteiger partial charge in [-0.1, -0.05) is 25.5 Å². The summed E-state index contributed by atoms with van der Waals surface area (Å²) in [5.41, 5.74) is 1.80. The number of carbonyl (C=O) groups is 2. The minimum absolute atomic E-state index is 0.148. The summed E-state index contributed by atoms with van der Waals surface area (Å²) in [6.07, 6.45) is 2.02. The fourth-order valence-corrected chi connectivity index (χ4v) is 2.12. The third-order valence-corrected chi connectivity index (χ3v) is 3.36. The molecule has 0 saturated carbocycles. The fourth-order valence-electron chi connectivity index (χ4n) is 2.12. The lowest BCUT2D eigenvalue weighted by molar-refractivity contribution is -0.114. The highest BCUT2D eigenvalue weighted by atomic mass is 16.5. The number of carbonyl (C=O) groups excluding carboxylic acids is 2. The third kappa shape index (κ3) is 5.12. The van der Waals surface area contributed by atoms with Crippen molar-refractivity contribution in [1.82, 2.24) is 0 Å². The standard InChI is InChI=1S/C19H22N2O3/c1-3-4-13-24-18-8-6-5-7-17(18)21-19(23)15-9-11-16(12-10-15)20-14(2)22/h5-12H,3-4,13H2,1-2H3,(H,20,22)(H,21,23). The predicted octanol–water partition coefficient (Wildman–Crippen LogP) is 4.08. The van der Waals surface area contributed by atoms with Crippen LogP contribution >= 0.6 is 0 Å². The molecule has 2 N–H and O–H groups in total. The fraction of sp³-hybridized carbons (Fsp3) is 0.263. The number of anilines is 2. The predicted molar refractivity (Wildman–Crippen MR) is 95.5 cm³/mol. The molecule has 0 aromatic heterocycles. The largest absolute Gasteiger partial charge is 0.491 e. The van der Waals surface area contributed by atoms with Crippen LogP contribution in [-0.4, -0.2) is 18.4 Å². The Hall–Kier alpha value is -2.82. The van der Waals surface area contributed by atoms with Crippen molar-refractivity contribution in [3.8, 4) is 5.75 Å². The van der Waals surface area contributed by atoms with Crippen molar-refractivity contribution in [2.24, 2.45) is 0 Å². The molecule has 2 amide bonds. The average Bonchev–Trinajstić information content (AvgIpc) is 2.56. The van der Waals surface area contributed by atoms with Gasteiger partial charge >= 0.3 is 0 Å². The first-order valence-electron chi connectivity index (χ1n) is 8.01. The Bertz CT molecular complexity index is 696. The second kappa shape index (κ2) is 8.72. The molecule has 0 aliphatic carbocycles. The van der Waals surface area contributed by atoms with Gasteiger partial charge in [0.1, 0.15) is 5.75 Å². The van der Waals surface area contributed by atoms with Crippen LogP contribution in [0, 0.1) is 0 Å². The van der Waals surface area contributed by atoms with Crippen LogP contribution in [-0.2, 0) is 4.79 Å². The molecule has 0 spiro atoms. The molecular weight excluding hydrogens is 304 g/mol. The minimum Gasteiger partial charge on any atom is -0.491 e. The topological polar surface area (TPSA) is 67.4 Å². The van der Waals surface area contributed by atoms with Crippen LogP contribution in [0.4, 0.5) is 11.4 Å². The lowest BCUT2D eigenvalue weighted by atomic mass is 10.2. The Morgan fingerprint density at radius 3 is 2.38 bits per heavy atom. The van der Waals surface area contributed by atoms with Crippen molar-refractivity contribution in [3.05, 3.63) is 54.1 Å². The van der Waals surface area contributed by atoms with Gasteiger partial charge in [0.15, 0.2) is 0 Å². The van der Waals surface area contributed by atoms with E-state index in [0.717, 1.165) is 12.8 Å². The number of unbranched alkanes of at least 4 members (excludes halogenated alkanes) is 1. The molecule has 2 aromatic rings. The van der Waals surface area contributed by atoms with E-state index in [4.69, 9.17) is 4.74 Å². The van der Waals surface area contributed by atoms with Gasteiger partial charge in [-0.15, -0.1) is 0 Å². The highest BCUT2D eigenvalue weighted by Crippen LogP contribution is 2.24. The van der Waals surface area contributed by atoms with E-state index >= 15 is 0 Å². The molecule has 0 radical (unpaired) electrons. The summed E-state index contributed by atoms with van der Waals surface area (Å²) >= 11 is 0. The molecule has 2 aromatic carbocycles. The van der Waals surface area contributed by atoms with Crippen LogP contribution in [0.3, 0.4) is 0 Å². The molecule has 0 unspecified atom stereocenters. The summed E-state index contributed by atoms with van der Waals surface area (Å²) in [5.74, 6) is 0.287. The minimum atomic E-state index is -0.226. The summed E-state index contributed by atoms with van der Waals surface area (Å²) in [6, 6.07) is 14.1. The lowest BCUT2D eigenvalue weighted by Crippen LogP contribution is -2.13. The van der Waals surface area contributed by atoms with Gasteiger partial charge in [-0.25, -0.2) is 0 Å². The second-order valence-electron chi connectivity index (χ2n) is 5.41. The van der Waals surface area contributed by atoms with Gasteiger partial charge in [-0.05, 0) is 42.8 Å². The smallest absolute Gasteiger partial charge is 0.255 e. The molecule has 126 valence electrons. The maximum absolute atomic E-state index is 12.4.